The molecule has 0 aliphatic carbocycles. The van der Waals surface area contributed by atoms with Gasteiger partial charge in [-0.1, -0.05) is 22.9 Å². The van der Waals surface area contributed by atoms with Crippen LogP contribution in [0, 0.1) is 27.7 Å². The summed E-state index contributed by atoms with van der Waals surface area (Å²) in [6.07, 6.45) is 1.49. The first kappa shape index (κ1) is 16.1. The second kappa shape index (κ2) is 5.72. The monoisotopic (exact) mass is 335 g/mol. The molecule has 0 bridgehead atoms. The van der Waals surface area contributed by atoms with Gasteiger partial charge in [0.2, 0.25) is 15.9 Å². The summed E-state index contributed by atoms with van der Waals surface area (Å²) < 4.78 is 33.2. The Morgan fingerprint density at radius 3 is 2.39 bits per heavy atom. The number of aryl methyl sites for hydroxylation is 4. The third-order valence-corrected chi connectivity index (χ3v) is 6.42. The molecule has 0 N–H and O–H groups in total. The first-order chi connectivity index (χ1) is 10.8. The average Bonchev–Trinajstić information content (AvgIpc) is 3.05. The summed E-state index contributed by atoms with van der Waals surface area (Å²) in [5, 5.41) is 3.79. The van der Waals surface area contributed by atoms with Crippen LogP contribution in [0.1, 0.15) is 47.3 Å². The molecular formula is C16H21N3O3S. The van der Waals surface area contributed by atoms with E-state index in [1.807, 2.05) is 32.9 Å². The third-order valence-electron chi connectivity index (χ3n) is 4.20. The van der Waals surface area contributed by atoms with Crippen LogP contribution >= 0.6 is 0 Å². The molecule has 0 radical (unpaired) electrons. The topological polar surface area (TPSA) is 76.3 Å². The van der Waals surface area contributed by atoms with Gasteiger partial charge >= 0.3 is 0 Å². The lowest BCUT2D eigenvalue weighted by Crippen LogP contribution is -2.32. The van der Waals surface area contributed by atoms with Gasteiger partial charge in [0.05, 0.1) is 4.90 Å². The Bertz CT molecular complexity index is 819. The molecule has 1 aliphatic rings. The van der Waals surface area contributed by atoms with Gasteiger partial charge in [0, 0.05) is 6.54 Å². The summed E-state index contributed by atoms with van der Waals surface area (Å²) in [6.45, 7) is 7.86. The minimum atomic E-state index is -3.60. The van der Waals surface area contributed by atoms with Crippen molar-refractivity contribution in [1.29, 1.82) is 0 Å². The fourth-order valence-electron chi connectivity index (χ4n) is 3.41. The average molecular weight is 335 g/mol. The van der Waals surface area contributed by atoms with E-state index in [9.17, 15) is 8.42 Å². The van der Waals surface area contributed by atoms with Crippen molar-refractivity contribution in [3.8, 4) is 0 Å². The number of sulfonamides is 1. The Hall–Kier alpha value is -1.73. The molecule has 1 aromatic carbocycles. The summed E-state index contributed by atoms with van der Waals surface area (Å²) in [7, 11) is -3.60. The van der Waals surface area contributed by atoms with E-state index < -0.39 is 10.0 Å². The minimum absolute atomic E-state index is 0.374. The summed E-state index contributed by atoms with van der Waals surface area (Å²) in [5.41, 5.74) is 2.61. The molecule has 2 aromatic rings. The SMILES string of the molecule is Cc1cc(C)c(S(=O)(=O)N2CCCC2c2nc(C)no2)c(C)c1. The van der Waals surface area contributed by atoms with Crippen LogP contribution in [0.5, 0.6) is 0 Å². The van der Waals surface area contributed by atoms with Crippen molar-refractivity contribution in [3.63, 3.8) is 0 Å². The summed E-state index contributed by atoms with van der Waals surface area (Å²) in [6, 6.07) is 3.44. The van der Waals surface area contributed by atoms with Crippen molar-refractivity contribution < 1.29 is 12.9 Å². The van der Waals surface area contributed by atoms with E-state index in [0.29, 0.717) is 29.6 Å². The van der Waals surface area contributed by atoms with Gasteiger partial charge in [0.1, 0.15) is 6.04 Å². The Labute approximate surface area is 136 Å². The van der Waals surface area contributed by atoms with Crippen molar-refractivity contribution >= 4 is 10.0 Å². The molecule has 124 valence electrons. The third kappa shape index (κ3) is 2.79. The van der Waals surface area contributed by atoms with Crippen molar-refractivity contribution in [3.05, 3.63) is 40.5 Å². The molecule has 1 aliphatic heterocycles. The maximum atomic E-state index is 13.2. The molecule has 1 atom stereocenters. The normalized spacial score (nSPS) is 19.4. The van der Waals surface area contributed by atoms with Gasteiger partial charge in [-0.05, 0) is 51.7 Å². The van der Waals surface area contributed by atoms with Crippen LogP contribution in [0.25, 0.3) is 0 Å². The Balaban J connectivity index is 2.06. The Kier molecular flexibility index (Phi) is 4.01. The smallest absolute Gasteiger partial charge is 0.245 e. The highest BCUT2D eigenvalue weighted by Crippen LogP contribution is 2.37. The molecule has 0 saturated carbocycles. The van der Waals surface area contributed by atoms with E-state index in [4.69, 9.17) is 4.52 Å². The fourth-order valence-corrected chi connectivity index (χ4v) is 5.48. The predicted octanol–water partition coefficient (Wildman–Crippen LogP) is 2.83. The van der Waals surface area contributed by atoms with Crippen LogP contribution < -0.4 is 0 Å². The van der Waals surface area contributed by atoms with Crippen LogP contribution in [-0.2, 0) is 10.0 Å². The van der Waals surface area contributed by atoms with Gasteiger partial charge < -0.3 is 4.52 Å². The van der Waals surface area contributed by atoms with Gasteiger partial charge in [-0.2, -0.15) is 9.29 Å². The molecular weight excluding hydrogens is 314 g/mol. The molecule has 1 saturated heterocycles. The van der Waals surface area contributed by atoms with Gasteiger partial charge in [-0.25, -0.2) is 8.42 Å². The Morgan fingerprint density at radius 2 is 1.83 bits per heavy atom. The summed E-state index contributed by atoms with van der Waals surface area (Å²) in [4.78, 5) is 4.62. The molecule has 0 spiro atoms. The van der Waals surface area contributed by atoms with Gasteiger partial charge in [-0.3, -0.25) is 0 Å². The highest BCUT2D eigenvalue weighted by molar-refractivity contribution is 7.89. The van der Waals surface area contributed by atoms with E-state index >= 15 is 0 Å². The largest absolute Gasteiger partial charge is 0.338 e. The van der Waals surface area contributed by atoms with Gasteiger partial charge in [0.25, 0.3) is 0 Å². The second-order valence-electron chi connectivity index (χ2n) is 6.18. The Morgan fingerprint density at radius 1 is 1.17 bits per heavy atom. The van der Waals surface area contributed by atoms with Crippen LogP contribution in [-0.4, -0.2) is 29.4 Å². The number of nitrogens with zero attached hydrogens (tertiary/aromatic N) is 3. The zero-order valence-electron chi connectivity index (χ0n) is 13.8. The zero-order chi connectivity index (χ0) is 16.8. The van der Waals surface area contributed by atoms with Crippen molar-refractivity contribution in [2.45, 2.75) is 51.5 Å². The number of hydrogen-bond donors (Lipinski definition) is 0. The van der Waals surface area contributed by atoms with E-state index in [1.165, 1.54) is 4.31 Å². The van der Waals surface area contributed by atoms with Crippen LogP contribution in [0.15, 0.2) is 21.6 Å². The maximum absolute atomic E-state index is 13.2. The zero-order valence-corrected chi connectivity index (χ0v) is 14.6. The van der Waals surface area contributed by atoms with Crippen LogP contribution in [0.4, 0.5) is 0 Å². The standard InChI is InChI=1S/C16H21N3O3S/c1-10-8-11(2)15(12(3)9-10)23(20,21)19-7-5-6-14(19)16-17-13(4)18-22-16/h8-9,14H,5-7H2,1-4H3. The predicted molar refractivity (Wildman–Crippen MR) is 85.6 cm³/mol. The van der Waals surface area contributed by atoms with Crippen LogP contribution in [0.2, 0.25) is 0 Å². The lowest BCUT2D eigenvalue weighted by Gasteiger charge is -2.23. The van der Waals surface area contributed by atoms with Crippen molar-refractivity contribution in [1.82, 2.24) is 14.4 Å². The molecule has 1 unspecified atom stereocenters. The number of hydrogen-bond acceptors (Lipinski definition) is 5. The minimum Gasteiger partial charge on any atom is -0.338 e. The lowest BCUT2D eigenvalue weighted by molar-refractivity contribution is 0.289. The second-order valence-corrected chi connectivity index (χ2v) is 8.01. The molecule has 7 heteroatoms. The van der Waals surface area contributed by atoms with E-state index in [2.05, 4.69) is 10.1 Å². The molecule has 3 rings (SSSR count). The van der Waals surface area contributed by atoms with Gasteiger partial charge in [-0.15, -0.1) is 0 Å². The molecule has 2 heterocycles. The molecule has 6 nitrogen and oxygen atoms in total. The quantitative estimate of drug-likeness (QED) is 0.862. The highest BCUT2D eigenvalue weighted by atomic mass is 32.2. The fraction of sp³-hybridized carbons (Fsp3) is 0.500. The maximum Gasteiger partial charge on any atom is 0.245 e. The number of rotatable bonds is 3. The first-order valence-corrected chi connectivity index (χ1v) is 9.14. The molecule has 0 amide bonds. The lowest BCUT2D eigenvalue weighted by atomic mass is 10.1. The van der Waals surface area contributed by atoms with Crippen LogP contribution in [0.3, 0.4) is 0 Å². The van der Waals surface area contributed by atoms with E-state index in [1.54, 1.807) is 6.92 Å². The molecule has 1 aromatic heterocycles. The highest BCUT2D eigenvalue weighted by Gasteiger charge is 2.40. The number of aromatic nitrogens is 2. The first-order valence-electron chi connectivity index (χ1n) is 7.70. The summed E-state index contributed by atoms with van der Waals surface area (Å²) in [5.74, 6) is 0.901. The molecule has 23 heavy (non-hydrogen) atoms. The van der Waals surface area contributed by atoms with E-state index in [0.717, 1.165) is 23.1 Å². The summed E-state index contributed by atoms with van der Waals surface area (Å²) >= 11 is 0. The van der Waals surface area contributed by atoms with Crippen molar-refractivity contribution in [2.75, 3.05) is 6.54 Å². The van der Waals surface area contributed by atoms with E-state index in [-0.39, 0.29) is 6.04 Å². The van der Waals surface area contributed by atoms with Gasteiger partial charge in [0.15, 0.2) is 5.82 Å². The van der Waals surface area contributed by atoms with Crippen molar-refractivity contribution in [2.24, 2.45) is 0 Å². The molecule has 1 fully saturated rings. The number of benzene rings is 1.